The van der Waals surface area contributed by atoms with E-state index in [1.165, 1.54) is 11.3 Å². The van der Waals surface area contributed by atoms with Crippen LogP contribution in [0.4, 0.5) is 5.82 Å². The third-order valence-electron chi connectivity index (χ3n) is 1.45. The Morgan fingerprint density at radius 2 is 2.57 bits per heavy atom. The van der Waals surface area contributed by atoms with E-state index in [2.05, 4.69) is 20.3 Å². The normalized spacial score (nSPS) is 10.4. The predicted molar refractivity (Wildman–Crippen MR) is 47.5 cm³/mol. The van der Waals surface area contributed by atoms with Crippen molar-refractivity contribution in [3.63, 3.8) is 0 Å². The molecule has 0 aromatic carbocycles. The van der Waals surface area contributed by atoms with Crippen LogP contribution in [0.1, 0.15) is 5.69 Å². The van der Waals surface area contributed by atoms with E-state index in [9.17, 15) is 0 Å². The average molecular weight is 194 g/mol. The zero-order valence-corrected chi connectivity index (χ0v) is 7.67. The van der Waals surface area contributed by atoms with Gasteiger partial charge in [-0.3, -0.25) is 5.01 Å². The molecule has 0 unspecified atom stereocenters. The van der Waals surface area contributed by atoms with Gasteiger partial charge in [-0.1, -0.05) is 5.22 Å². The maximum Gasteiger partial charge on any atom is 0.212 e. The molecule has 7 heteroatoms. The summed E-state index contributed by atoms with van der Waals surface area (Å²) in [6, 6.07) is 1.89. The summed E-state index contributed by atoms with van der Waals surface area (Å²) in [5, 5.41) is 26.1. The molecule has 1 rings (SSSR count). The number of imidazole rings is 1. The molecule has 7 nitrogen and oxygen atoms in total. The number of aromatic nitrogens is 2. The second-order valence-corrected chi connectivity index (χ2v) is 2.51. The van der Waals surface area contributed by atoms with Crippen LogP contribution in [0.25, 0.3) is 0 Å². The second-order valence-electron chi connectivity index (χ2n) is 2.51. The van der Waals surface area contributed by atoms with Gasteiger partial charge in [0.05, 0.1) is 19.5 Å². The minimum atomic E-state index is 0.00118. The monoisotopic (exact) mass is 194 g/mol. The molecule has 1 aromatic heterocycles. The fourth-order valence-electron chi connectivity index (χ4n) is 0.753. The highest BCUT2D eigenvalue weighted by Gasteiger charge is 2.02. The summed E-state index contributed by atoms with van der Waals surface area (Å²) in [5.74, 6) is 0.247. The van der Waals surface area contributed by atoms with Crippen LogP contribution in [0, 0.1) is 11.3 Å². The summed E-state index contributed by atoms with van der Waals surface area (Å²) in [7, 11) is 1.67. The molecule has 0 amide bonds. The molecular weight excluding hydrogens is 184 g/mol. The first kappa shape index (κ1) is 10.1. The lowest BCUT2D eigenvalue weighted by Gasteiger charge is -2.06. The quantitative estimate of drug-likeness (QED) is 0.528. The van der Waals surface area contributed by atoms with Gasteiger partial charge in [0.2, 0.25) is 5.82 Å². The van der Waals surface area contributed by atoms with E-state index in [4.69, 9.17) is 10.4 Å². The maximum atomic E-state index is 8.60. The molecule has 0 aliphatic carbocycles. The number of likely N-dealkylation sites (N-methyl/N-ethyl adjacent to an activating group) is 1. The zero-order valence-electron chi connectivity index (χ0n) is 7.67. The van der Waals surface area contributed by atoms with Crippen LogP contribution in [0.15, 0.2) is 16.7 Å². The van der Waals surface area contributed by atoms with Gasteiger partial charge in [0.15, 0.2) is 5.69 Å². The van der Waals surface area contributed by atoms with Gasteiger partial charge in [0, 0.05) is 7.05 Å². The number of aliphatic hydroxyl groups excluding tert-OH is 1. The van der Waals surface area contributed by atoms with Gasteiger partial charge in [-0.2, -0.15) is 5.26 Å². The summed E-state index contributed by atoms with van der Waals surface area (Å²) < 4.78 is 0. The van der Waals surface area contributed by atoms with Crippen molar-refractivity contribution in [2.24, 2.45) is 10.3 Å². The minimum Gasteiger partial charge on any atom is -0.394 e. The van der Waals surface area contributed by atoms with Crippen molar-refractivity contribution in [1.82, 2.24) is 15.0 Å². The van der Waals surface area contributed by atoms with Crippen molar-refractivity contribution < 1.29 is 5.11 Å². The van der Waals surface area contributed by atoms with Crippen molar-refractivity contribution in [2.75, 3.05) is 20.2 Å². The number of aromatic amines is 1. The average Bonchev–Trinajstić information content (AvgIpc) is 2.62. The molecule has 0 aliphatic heterocycles. The Balaban J connectivity index is 2.64. The number of hydrogen-bond acceptors (Lipinski definition) is 5. The van der Waals surface area contributed by atoms with Gasteiger partial charge in [0.25, 0.3) is 0 Å². The van der Waals surface area contributed by atoms with E-state index in [1.807, 2.05) is 6.07 Å². The highest BCUT2D eigenvalue weighted by Crippen LogP contribution is 2.12. The summed E-state index contributed by atoms with van der Waals surface area (Å²) in [6.07, 6.45) is 1.37. The first-order valence-electron chi connectivity index (χ1n) is 3.95. The number of hydrogen-bond donors (Lipinski definition) is 2. The van der Waals surface area contributed by atoms with E-state index in [0.29, 0.717) is 6.54 Å². The lowest BCUT2D eigenvalue weighted by molar-refractivity contribution is 0.219. The first-order chi connectivity index (χ1) is 6.77. The molecule has 2 N–H and O–H groups in total. The van der Waals surface area contributed by atoms with Crippen molar-refractivity contribution in [3.8, 4) is 6.07 Å². The molecule has 0 aliphatic rings. The van der Waals surface area contributed by atoms with E-state index in [1.54, 1.807) is 7.05 Å². The second kappa shape index (κ2) is 4.94. The van der Waals surface area contributed by atoms with Crippen LogP contribution >= 0.6 is 0 Å². The highest BCUT2D eigenvalue weighted by molar-refractivity contribution is 5.41. The molecule has 1 aromatic rings. The number of aliphatic hydroxyl groups is 1. The molecule has 0 spiro atoms. The van der Waals surface area contributed by atoms with Gasteiger partial charge in [-0.05, 0) is 0 Å². The molecule has 0 atom stereocenters. The van der Waals surface area contributed by atoms with Crippen molar-refractivity contribution in [2.45, 2.75) is 0 Å². The number of H-pyrrole nitrogens is 1. The van der Waals surface area contributed by atoms with Crippen LogP contribution < -0.4 is 0 Å². The molecule has 74 valence electrons. The third-order valence-corrected chi connectivity index (χ3v) is 1.45. The summed E-state index contributed by atoms with van der Waals surface area (Å²) in [6.45, 7) is 0.386. The van der Waals surface area contributed by atoms with Gasteiger partial charge in [-0.25, -0.2) is 4.98 Å². The Bertz CT molecular complexity index is 351. The molecule has 0 fully saturated rings. The first-order valence-corrected chi connectivity index (χ1v) is 3.95. The van der Waals surface area contributed by atoms with Gasteiger partial charge < -0.3 is 10.1 Å². The molecular formula is C7H10N6O. The number of nitriles is 1. The van der Waals surface area contributed by atoms with E-state index < -0.39 is 0 Å². The van der Waals surface area contributed by atoms with Crippen molar-refractivity contribution >= 4 is 5.82 Å². The Hall–Kier alpha value is -1.94. The highest BCUT2D eigenvalue weighted by atomic mass is 16.3. The Morgan fingerprint density at radius 1 is 1.79 bits per heavy atom. The smallest absolute Gasteiger partial charge is 0.212 e. The van der Waals surface area contributed by atoms with Crippen molar-refractivity contribution in [3.05, 3.63) is 12.0 Å². The molecule has 14 heavy (non-hydrogen) atoms. The number of nitrogens with zero attached hydrogens (tertiary/aromatic N) is 5. The topological polar surface area (TPSA) is 101 Å². The fourth-order valence-corrected chi connectivity index (χ4v) is 0.753. The van der Waals surface area contributed by atoms with Crippen LogP contribution in [0.3, 0.4) is 0 Å². The Morgan fingerprint density at radius 3 is 3.21 bits per heavy atom. The molecule has 0 saturated carbocycles. The lowest BCUT2D eigenvalue weighted by Crippen LogP contribution is -2.14. The molecule has 0 saturated heterocycles. The van der Waals surface area contributed by atoms with Gasteiger partial charge in [0.1, 0.15) is 6.07 Å². The van der Waals surface area contributed by atoms with Crippen LogP contribution in [0.2, 0.25) is 0 Å². The number of nitrogens with one attached hydrogen (secondary N) is 1. The summed E-state index contributed by atoms with van der Waals surface area (Å²) in [5.41, 5.74) is 0.270. The van der Waals surface area contributed by atoms with Crippen LogP contribution in [0.5, 0.6) is 0 Å². The van der Waals surface area contributed by atoms with Crippen LogP contribution in [-0.2, 0) is 0 Å². The Kier molecular flexibility index (Phi) is 3.58. The fraction of sp³-hybridized carbons (Fsp3) is 0.429. The zero-order chi connectivity index (χ0) is 10.4. The van der Waals surface area contributed by atoms with Gasteiger partial charge in [-0.15, -0.1) is 5.11 Å². The van der Waals surface area contributed by atoms with Crippen molar-refractivity contribution in [1.29, 1.82) is 5.26 Å². The molecule has 1 heterocycles. The number of rotatable bonds is 4. The van der Waals surface area contributed by atoms with Crippen LogP contribution in [-0.4, -0.2) is 40.3 Å². The Labute approximate surface area is 80.7 Å². The van der Waals surface area contributed by atoms with E-state index in [-0.39, 0.29) is 18.1 Å². The summed E-state index contributed by atoms with van der Waals surface area (Å²) in [4.78, 5) is 6.41. The lowest BCUT2D eigenvalue weighted by atomic mass is 10.5. The SMILES string of the molecule is CN(CCO)N=Nc1nc[nH]c1C#N. The minimum absolute atomic E-state index is 0.00118. The molecule has 0 radical (unpaired) electrons. The summed E-state index contributed by atoms with van der Waals surface area (Å²) >= 11 is 0. The van der Waals surface area contributed by atoms with E-state index in [0.717, 1.165) is 0 Å². The maximum absolute atomic E-state index is 8.60. The third kappa shape index (κ3) is 2.53. The predicted octanol–water partition coefficient (Wildman–Crippen LogP) is 0.204. The largest absolute Gasteiger partial charge is 0.394 e. The van der Waals surface area contributed by atoms with Gasteiger partial charge >= 0.3 is 0 Å². The van der Waals surface area contributed by atoms with E-state index >= 15 is 0 Å². The molecule has 0 bridgehead atoms. The standard InChI is InChI=1S/C7H10N6O/c1-13(2-3-14)12-11-7-6(4-8)9-5-10-7/h5,14H,2-3H2,1H3,(H,9,10).